The molecule has 1 aliphatic heterocycles. The molecule has 3 aromatic heterocycles. The lowest BCUT2D eigenvalue weighted by Crippen LogP contribution is -2.32. The van der Waals surface area contributed by atoms with Crippen LogP contribution in [-0.4, -0.2) is 34.4 Å². The normalized spacial score (nSPS) is 16.4. The molecule has 0 spiro atoms. The van der Waals surface area contributed by atoms with Crippen LogP contribution < -0.4 is 4.90 Å². The van der Waals surface area contributed by atoms with Crippen LogP contribution in [0.25, 0.3) is 22.4 Å². The van der Waals surface area contributed by atoms with Gasteiger partial charge in [-0.1, -0.05) is 5.16 Å². The molecule has 0 radical (unpaired) electrons. The van der Waals surface area contributed by atoms with E-state index in [1.807, 2.05) is 17.0 Å². The molecule has 1 saturated heterocycles. The van der Waals surface area contributed by atoms with Crippen molar-refractivity contribution in [3.63, 3.8) is 0 Å². The van der Waals surface area contributed by atoms with Gasteiger partial charge < -0.3 is 18.6 Å². The van der Waals surface area contributed by atoms with Crippen molar-refractivity contribution in [2.75, 3.05) is 18.1 Å². The van der Waals surface area contributed by atoms with Gasteiger partial charge in [-0.15, -0.1) is 0 Å². The summed E-state index contributed by atoms with van der Waals surface area (Å²) >= 11 is 0. The first-order valence-corrected chi connectivity index (χ1v) is 9.63. The first kappa shape index (κ1) is 18.7. The van der Waals surface area contributed by atoms with Gasteiger partial charge in [-0.2, -0.15) is 4.98 Å². The van der Waals surface area contributed by atoms with Gasteiger partial charge in [0.2, 0.25) is 0 Å². The van der Waals surface area contributed by atoms with Crippen molar-refractivity contribution in [2.24, 2.45) is 0 Å². The molecule has 4 heterocycles. The number of benzene rings is 1. The summed E-state index contributed by atoms with van der Waals surface area (Å²) in [5.41, 5.74) is 0.754. The first-order chi connectivity index (χ1) is 14.7. The van der Waals surface area contributed by atoms with E-state index in [0.29, 0.717) is 24.3 Å². The minimum absolute atomic E-state index is 0.0416. The van der Waals surface area contributed by atoms with Crippen LogP contribution in [0.4, 0.5) is 14.6 Å². The molecule has 0 saturated carbocycles. The van der Waals surface area contributed by atoms with Crippen LogP contribution in [0.2, 0.25) is 0 Å². The maximum absolute atomic E-state index is 13.8. The minimum atomic E-state index is -0.702. The van der Waals surface area contributed by atoms with Crippen molar-refractivity contribution in [2.45, 2.75) is 25.5 Å². The highest BCUT2D eigenvalue weighted by atomic mass is 19.1. The van der Waals surface area contributed by atoms with E-state index in [4.69, 9.17) is 13.7 Å². The van der Waals surface area contributed by atoms with Gasteiger partial charge in [0.05, 0.1) is 18.9 Å². The first-order valence-electron chi connectivity index (χ1n) is 9.63. The Morgan fingerprint density at radius 1 is 1.13 bits per heavy atom. The molecule has 1 aliphatic rings. The zero-order valence-corrected chi connectivity index (χ0v) is 15.9. The van der Waals surface area contributed by atoms with Gasteiger partial charge in [-0.05, 0) is 37.1 Å². The van der Waals surface area contributed by atoms with Crippen LogP contribution in [0.3, 0.4) is 0 Å². The fourth-order valence-corrected chi connectivity index (χ4v) is 3.75. The largest absolute Gasteiger partial charge is 0.467 e. The highest BCUT2D eigenvalue weighted by Crippen LogP contribution is 2.35. The predicted octanol–water partition coefficient (Wildman–Crippen LogP) is 4.34. The van der Waals surface area contributed by atoms with Gasteiger partial charge in [0, 0.05) is 24.8 Å². The molecule has 30 heavy (non-hydrogen) atoms. The molecule has 1 fully saturated rings. The number of furan rings is 1. The van der Waals surface area contributed by atoms with Crippen LogP contribution >= 0.6 is 0 Å². The third-order valence-electron chi connectivity index (χ3n) is 5.06. The Labute approximate surface area is 170 Å². The molecular weight excluding hydrogens is 394 g/mol. The van der Waals surface area contributed by atoms with E-state index in [-0.39, 0.29) is 23.1 Å². The highest BCUT2D eigenvalue weighted by molar-refractivity contribution is 5.97. The van der Waals surface area contributed by atoms with Crippen molar-refractivity contribution >= 4 is 16.9 Å². The molecule has 0 bridgehead atoms. The number of hydrogen-bond acceptors (Lipinski definition) is 7. The number of rotatable bonds is 6. The SMILES string of the molecule is Fc1cc(F)cc(-c2noc3ncnc(N(Cc4ccco4)C[C@H]4CCCO4)c23)c1. The summed E-state index contributed by atoms with van der Waals surface area (Å²) in [5, 5.41) is 4.51. The third kappa shape index (κ3) is 3.63. The number of ether oxygens (including phenoxy) is 1. The maximum Gasteiger partial charge on any atom is 0.263 e. The molecule has 0 N–H and O–H groups in total. The second-order valence-corrected chi connectivity index (χ2v) is 7.16. The zero-order chi connectivity index (χ0) is 20.5. The van der Waals surface area contributed by atoms with Crippen LogP contribution in [-0.2, 0) is 11.3 Å². The van der Waals surface area contributed by atoms with E-state index in [2.05, 4.69) is 15.1 Å². The summed E-state index contributed by atoms with van der Waals surface area (Å²) in [6.45, 7) is 1.72. The maximum atomic E-state index is 13.8. The number of fused-ring (bicyclic) bond motifs is 1. The van der Waals surface area contributed by atoms with Crippen LogP contribution in [0, 0.1) is 11.6 Å². The van der Waals surface area contributed by atoms with Gasteiger partial charge >= 0.3 is 0 Å². The monoisotopic (exact) mass is 412 g/mol. The zero-order valence-electron chi connectivity index (χ0n) is 15.9. The molecule has 0 unspecified atom stereocenters. The minimum Gasteiger partial charge on any atom is -0.467 e. The number of nitrogens with zero attached hydrogens (tertiary/aromatic N) is 4. The molecule has 5 rings (SSSR count). The summed E-state index contributed by atoms with van der Waals surface area (Å²) in [6.07, 6.45) is 4.97. The number of aromatic nitrogens is 3. The topological polar surface area (TPSA) is 77.4 Å². The Balaban J connectivity index is 1.62. The Morgan fingerprint density at radius 2 is 2.00 bits per heavy atom. The standard InChI is InChI=1S/C21H18F2N4O3/c22-14-7-13(8-15(23)9-14)19-18-20(24-12-25-21(18)30-26-19)27(10-16-3-1-5-28-16)11-17-4-2-6-29-17/h1,3,5,7-9,12,17H,2,4,6,10-11H2/t17-/m1/s1. The third-order valence-corrected chi connectivity index (χ3v) is 5.06. The van der Waals surface area contributed by atoms with E-state index < -0.39 is 11.6 Å². The van der Waals surface area contributed by atoms with E-state index in [9.17, 15) is 8.78 Å². The van der Waals surface area contributed by atoms with Gasteiger partial charge in [0.15, 0.2) is 0 Å². The molecule has 0 aliphatic carbocycles. The Bertz CT molecular complexity index is 1140. The summed E-state index contributed by atoms with van der Waals surface area (Å²) in [4.78, 5) is 10.6. The fraction of sp³-hybridized carbons (Fsp3) is 0.286. The molecule has 154 valence electrons. The molecule has 1 atom stereocenters. The molecule has 7 nitrogen and oxygen atoms in total. The number of anilines is 1. The lowest BCUT2D eigenvalue weighted by molar-refractivity contribution is 0.115. The Kier molecular flexibility index (Phi) is 4.88. The van der Waals surface area contributed by atoms with E-state index in [1.165, 1.54) is 18.5 Å². The van der Waals surface area contributed by atoms with Gasteiger partial charge in [-0.3, -0.25) is 0 Å². The molecule has 4 aromatic rings. The van der Waals surface area contributed by atoms with Gasteiger partial charge in [-0.25, -0.2) is 13.8 Å². The Morgan fingerprint density at radius 3 is 2.73 bits per heavy atom. The van der Waals surface area contributed by atoms with Crippen LogP contribution in [0.15, 0.2) is 51.9 Å². The van der Waals surface area contributed by atoms with E-state index in [0.717, 1.165) is 31.3 Å². The summed E-state index contributed by atoms with van der Waals surface area (Å²) in [7, 11) is 0. The van der Waals surface area contributed by atoms with Crippen LogP contribution in [0.1, 0.15) is 18.6 Å². The fourth-order valence-electron chi connectivity index (χ4n) is 3.75. The summed E-state index contributed by atoms with van der Waals surface area (Å²) in [5.74, 6) is -0.125. The van der Waals surface area contributed by atoms with E-state index in [1.54, 1.807) is 6.26 Å². The number of hydrogen-bond donors (Lipinski definition) is 0. The second-order valence-electron chi connectivity index (χ2n) is 7.16. The lowest BCUT2D eigenvalue weighted by atomic mass is 10.1. The summed E-state index contributed by atoms with van der Waals surface area (Å²) < 4.78 is 44.4. The lowest BCUT2D eigenvalue weighted by Gasteiger charge is -2.26. The summed E-state index contributed by atoms with van der Waals surface area (Å²) in [6, 6.07) is 6.90. The molecule has 9 heteroatoms. The smallest absolute Gasteiger partial charge is 0.263 e. The van der Waals surface area contributed by atoms with Crippen molar-refractivity contribution in [3.05, 3.63) is 60.3 Å². The average molecular weight is 412 g/mol. The van der Waals surface area contributed by atoms with Crippen LogP contribution in [0.5, 0.6) is 0 Å². The molecular formula is C21H18F2N4O3. The quantitative estimate of drug-likeness (QED) is 0.466. The average Bonchev–Trinajstić information content (AvgIpc) is 3.48. The molecule has 0 amide bonds. The highest BCUT2D eigenvalue weighted by Gasteiger charge is 2.26. The van der Waals surface area contributed by atoms with Crippen molar-refractivity contribution < 1.29 is 22.5 Å². The van der Waals surface area contributed by atoms with Crippen molar-refractivity contribution in [3.8, 4) is 11.3 Å². The van der Waals surface area contributed by atoms with Gasteiger partial charge in [0.25, 0.3) is 5.71 Å². The van der Waals surface area contributed by atoms with Crippen molar-refractivity contribution in [1.29, 1.82) is 0 Å². The van der Waals surface area contributed by atoms with Crippen molar-refractivity contribution in [1.82, 2.24) is 15.1 Å². The Hall–Kier alpha value is -3.33. The predicted molar refractivity (Wildman–Crippen MR) is 104 cm³/mol. The van der Waals surface area contributed by atoms with Gasteiger partial charge in [0.1, 0.15) is 40.6 Å². The second kappa shape index (κ2) is 7.83. The van der Waals surface area contributed by atoms with E-state index >= 15 is 0 Å². The molecule has 1 aromatic carbocycles. The number of halogens is 2.